The van der Waals surface area contributed by atoms with E-state index in [0.29, 0.717) is 34.5 Å². The Morgan fingerprint density at radius 1 is 1.11 bits per heavy atom. The quantitative estimate of drug-likeness (QED) is 0.147. The van der Waals surface area contributed by atoms with E-state index in [-0.39, 0.29) is 18.0 Å². The fourth-order valence-corrected chi connectivity index (χ4v) is 5.15. The van der Waals surface area contributed by atoms with Gasteiger partial charge in [0.05, 0.1) is 29.9 Å². The van der Waals surface area contributed by atoms with E-state index in [2.05, 4.69) is 45.1 Å². The Hall–Kier alpha value is -3.16. The van der Waals surface area contributed by atoms with Crippen LogP contribution in [0, 0.1) is 12.0 Å². The molecule has 3 rings (SSSR count). The highest BCUT2D eigenvalue weighted by molar-refractivity contribution is 7.19. The van der Waals surface area contributed by atoms with Crippen LogP contribution in [0.3, 0.4) is 0 Å². The van der Waals surface area contributed by atoms with Gasteiger partial charge in [-0.2, -0.15) is 0 Å². The predicted molar refractivity (Wildman–Crippen MR) is 152 cm³/mol. The van der Waals surface area contributed by atoms with Crippen molar-refractivity contribution >= 4 is 49.7 Å². The maximum Gasteiger partial charge on any atom is 0.311 e. The van der Waals surface area contributed by atoms with Crippen molar-refractivity contribution in [1.29, 1.82) is 0 Å². The van der Waals surface area contributed by atoms with Gasteiger partial charge < -0.3 is 9.64 Å². The average Bonchev–Trinajstić information content (AvgIpc) is 3.49. The number of likely N-dealkylation sites (N-methyl/N-ethyl adjacent to an activating group) is 1. The van der Waals surface area contributed by atoms with Crippen molar-refractivity contribution in [2.24, 2.45) is 15.6 Å². The fraction of sp³-hybridized carbons (Fsp3) is 0.481. The number of anilines is 1. The van der Waals surface area contributed by atoms with Crippen LogP contribution in [-0.2, 0) is 14.9 Å². The molecular weight excluding hydrogens is 504 g/mol. The molecular formula is C27H34N6O2S2. The first-order valence-electron chi connectivity index (χ1n) is 12.3. The van der Waals surface area contributed by atoms with Crippen LogP contribution in [0.5, 0.6) is 0 Å². The lowest BCUT2D eigenvalue weighted by atomic mass is 9.91. The molecule has 0 saturated carbocycles. The van der Waals surface area contributed by atoms with Gasteiger partial charge in [0.1, 0.15) is 6.61 Å². The number of azo groups is 1. The molecule has 0 spiro atoms. The van der Waals surface area contributed by atoms with Gasteiger partial charge in [0.2, 0.25) is 0 Å². The topological polar surface area (TPSA) is 84.4 Å². The number of rotatable bonds is 10. The zero-order chi connectivity index (χ0) is 27.2. The van der Waals surface area contributed by atoms with Crippen molar-refractivity contribution in [2.75, 3.05) is 24.6 Å². The summed E-state index contributed by atoms with van der Waals surface area (Å²) in [4.78, 5) is 23.0. The molecule has 0 bridgehead atoms. The summed E-state index contributed by atoms with van der Waals surface area (Å²) >= 11 is 2.61. The smallest absolute Gasteiger partial charge is 0.311 e. The van der Waals surface area contributed by atoms with Crippen LogP contribution >= 0.6 is 22.9 Å². The Balaban J connectivity index is 1.85. The standard InChI is InChI=1S/C27H34N6O2S2/c1-9-27(6,7)24(34)35-17-16-33(10-2)25-29-21(26(3,4)5)23(36-25)31-30-22-20(28-8)19(32-37-22)18-14-12-11-13-15-18/h11-15H,9-10,16-17H2,1-7H3/b31-30+. The van der Waals surface area contributed by atoms with Crippen molar-refractivity contribution in [1.82, 2.24) is 9.36 Å². The van der Waals surface area contributed by atoms with Gasteiger partial charge in [-0.3, -0.25) is 4.79 Å². The Morgan fingerprint density at radius 2 is 1.78 bits per heavy atom. The van der Waals surface area contributed by atoms with E-state index in [1.165, 1.54) is 11.3 Å². The van der Waals surface area contributed by atoms with Crippen LogP contribution in [0.2, 0.25) is 0 Å². The third kappa shape index (κ3) is 6.79. The van der Waals surface area contributed by atoms with E-state index in [1.807, 2.05) is 58.0 Å². The molecule has 0 atom stereocenters. The van der Waals surface area contributed by atoms with Gasteiger partial charge in [-0.05, 0) is 44.3 Å². The van der Waals surface area contributed by atoms with Crippen molar-refractivity contribution < 1.29 is 9.53 Å². The average molecular weight is 539 g/mol. The third-order valence-corrected chi connectivity index (χ3v) is 7.75. The molecule has 3 aromatic rings. The number of carbonyl (C=O) groups is 1. The summed E-state index contributed by atoms with van der Waals surface area (Å²) in [5.74, 6) is -0.190. The molecule has 0 fully saturated rings. The maximum absolute atomic E-state index is 12.4. The minimum Gasteiger partial charge on any atom is -0.463 e. The second kappa shape index (κ2) is 11.9. The second-order valence-corrected chi connectivity index (χ2v) is 11.9. The highest BCUT2D eigenvalue weighted by atomic mass is 32.1. The van der Waals surface area contributed by atoms with Gasteiger partial charge in [0.15, 0.2) is 15.1 Å². The van der Waals surface area contributed by atoms with Crippen LogP contribution in [0.4, 0.5) is 20.8 Å². The molecule has 0 aliphatic heterocycles. The molecule has 37 heavy (non-hydrogen) atoms. The molecule has 0 aliphatic rings. The largest absolute Gasteiger partial charge is 0.463 e. The van der Waals surface area contributed by atoms with Gasteiger partial charge in [0.25, 0.3) is 5.69 Å². The molecule has 2 heterocycles. The number of thiazole rings is 1. The summed E-state index contributed by atoms with van der Waals surface area (Å²) in [5.41, 5.74) is 1.97. The number of hydrogen-bond donors (Lipinski definition) is 0. The lowest BCUT2D eigenvalue weighted by Crippen LogP contribution is -2.31. The third-order valence-electron chi connectivity index (χ3n) is 6.03. The number of aromatic nitrogens is 2. The molecule has 8 nitrogen and oxygen atoms in total. The zero-order valence-corrected chi connectivity index (χ0v) is 24.2. The highest BCUT2D eigenvalue weighted by Gasteiger charge is 2.28. The molecule has 0 radical (unpaired) electrons. The molecule has 196 valence electrons. The van der Waals surface area contributed by atoms with Gasteiger partial charge in [-0.15, -0.1) is 10.2 Å². The first-order valence-corrected chi connectivity index (χ1v) is 13.9. The van der Waals surface area contributed by atoms with Gasteiger partial charge >= 0.3 is 5.97 Å². The Labute approximate surface area is 227 Å². The number of esters is 1. The molecule has 0 aliphatic carbocycles. The van der Waals surface area contributed by atoms with Crippen molar-refractivity contribution in [3.8, 4) is 11.3 Å². The number of nitrogens with zero attached hydrogens (tertiary/aromatic N) is 6. The second-order valence-electron chi connectivity index (χ2n) is 10.2. The van der Waals surface area contributed by atoms with E-state index in [0.717, 1.165) is 34.3 Å². The molecule has 10 heteroatoms. The molecule has 1 aromatic carbocycles. The van der Waals surface area contributed by atoms with E-state index < -0.39 is 5.41 Å². The van der Waals surface area contributed by atoms with E-state index in [1.54, 1.807) is 0 Å². The Morgan fingerprint density at radius 3 is 2.38 bits per heavy atom. The fourth-order valence-electron chi connectivity index (χ4n) is 3.29. The minimum absolute atomic E-state index is 0.190. The summed E-state index contributed by atoms with van der Waals surface area (Å²) in [6.07, 6.45) is 0.723. The van der Waals surface area contributed by atoms with Crippen molar-refractivity contribution in [3.63, 3.8) is 0 Å². The molecule has 2 aromatic heterocycles. The first kappa shape index (κ1) is 28.4. The Bertz CT molecular complexity index is 1280. The SMILES string of the molecule is [C-]#[N+]c1c(-c2ccccc2)nsc1/N=N/c1sc(N(CC)CCOC(=O)C(C)(C)CC)nc1C(C)(C)C. The molecule has 0 unspecified atom stereocenters. The van der Waals surface area contributed by atoms with Crippen molar-refractivity contribution in [3.05, 3.63) is 47.4 Å². The molecule has 0 saturated heterocycles. The number of ether oxygens (including phenoxy) is 1. The highest BCUT2D eigenvalue weighted by Crippen LogP contribution is 2.44. The van der Waals surface area contributed by atoms with Crippen LogP contribution in [0.1, 0.15) is 60.6 Å². The summed E-state index contributed by atoms with van der Waals surface area (Å²) in [6.45, 7) is 23.3. The summed E-state index contributed by atoms with van der Waals surface area (Å²) in [6, 6.07) is 9.63. The summed E-state index contributed by atoms with van der Waals surface area (Å²) in [5, 5.41) is 10.9. The summed E-state index contributed by atoms with van der Waals surface area (Å²) in [7, 11) is 0. The van der Waals surface area contributed by atoms with Gasteiger partial charge in [-0.1, -0.05) is 69.4 Å². The van der Waals surface area contributed by atoms with Crippen LogP contribution in [0.15, 0.2) is 40.6 Å². The normalized spacial score (nSPS) is 12.1. The van der Waals surface area contributed by atoms with Gasteiger partial charge in [-0.25, -0.2) is 14.2 Å². The number of hydrogen-bond acceptors (Lipinski definition) is 9. The zero-order valence-electron chi connectivity index (χ0n) is 22.5. The monoisotopic (exact) mass is 538 g/mol. The van der Waals surface area contributed by atoms with Crippen LogP contribution in [0.25, 0.3) is 16.1 Å². The maximum atomic E-state index is 12.4. The first-order chi connectivity index (χ1) is 17.5. The van der Waals surface area contributed by atoms with E-state index in [9.17, 15) is 4.79 Å². The minimum atomic E-state index is -0.494. The van der Waals surface area contributed by atoms with Crippen molar-refractivity contribution in [2.45, 2.75) is 60.3 Å². The lowest BCUT2D eigenvalue weighted by molar-refractivity contribution is -0.153. The van der Waals surface area contributed by atoms with Crippen LogP contribution in [-0.4, -0.2) is 35.0 Å². The predicted octanol–water partition coefficient (Wildman–Crippen LogP) is 8.34. The molecule has 0 amide bonds. The number of carbonyl (C=O) groups excluding carboxylic acids is 1. The van der Waals surface area contributed by atoms with Crippen LogP contribution < -0.4 is 4.90 Å². The number of benzene rings is 1. The molecule has 0 N–H and O–H groups in total. The van der Waals surface area contributed by atoms with E-state index in [4.69, 9.17) is 16.3 Å². The van der Waals surface area contributed by atoms with Gasteiger partial charge in [0, 0.05) is 12.0 Å². The summed E-state index contributed by atoms with van der Waals surface area (Å²) < 4.78 is 10.0. The van der Waals surface area contributed by atoms with E-state index >= 15 is 0 Å². The Kier molecular flexibility index (Phi) is 9.16. The lowest BCUT2D eigenvalue weighted by Gasteiger charge is -2.23.